The van der Waals surface area contributed by atoms with Crippen LogP contribution in [0, 0.1) is 0 Å². The van der Waals surface area contributed by atoms with E-state index in [4.69, 9.17) is 9.47 Å². The number of fused-ring (bicyclic) bond motifs is 1. The van der Waals surface area contributed by atoms with Crippen LogP contribution in [0.4, 0.5) is 5.82 Å². The lowest BCUT2D eigenvalue weighted by Gasteiger charge is -2.17. The van der Waals surface area contributed by atoms with Crippen molar-refractivity contribution in [1.82, 2.24) is 10.2 Å². The summed E-state index contributed by atoms with van der Waals surface area (Å²) in [6.07, 6.45) is 0. The Morgan fingerprint density at radius 1 is 0.829 bits per heavy atom. The van der Waals surface area contributed by atoms with E-state index in [1.54, 1.807) is 14.2 Å². The van der Waals surface area contributed by atoms with Gasteiger partial charge in [0.2, 0.25) is 5.91 Å². The van der Waals surface area contributed by atoms with Gasteiger partial charge >= 0.3 is 0 Å². The minimum absolute atomic E-state index is 0.142. The van der Waals surface area contributed by atoms with Crippen molar-refractivity contribution in [2.75, 3.05) is 19.5 Å². The molecule has 6 nitrogen and oxygen atoms in total. The fraction of sp³-hybridized carbons (Fsp3) is 0.103. The standard InChI is InChI=1S/C29H25N3O3/c1-34-22-14-16-23(26(18-22)35-2)21-13-15-24-25(17-21)31-32-28(24)30-29(33)27(19-9-5-3-6-10-19)20-11-7-4-8-12-20/h3-18,27H,1-2H3,(H2,30,31,32,33). The summed E-state index contributed by atoms with van der Waals surface area (Å²) in [6, 6.07) is 31.2. The number of aromatic amines is 1. The number of nitrogens with zero attached hydrogens (tertiary/aromatic N) is 1. The van der Waals surface area contributed by atoms with Crippen LogP contribution in [0.15, 0.2) is 97.1 Å². The first-order chi connectivity index (χ1) is 17.2. The lowest BCUT2D eigenvalue weighted by molar-refractivity contribution is -0.116. The third-order valence-electron chi connectivity index (χ3n) is 6.05. The van der Waals surface area contributed by atoms with Crippen LogP contribution in [0.25, 0.3) is 22.0 Å². The van der Waals surface area contributed by atoms with Crippen molar-refractivity contribution in [3.05, 3.63) is 108 Å². The van der Waals surface area contributed by atoms with Crippen LogP contribution in [0.2, 0.25) is 0 Å². The zero-order valence-electron chi connectivity index (χ0n) is 19.5. The smallest absolute Gasteiger partial charge is 0.237 e. The lowest BCUT2D eigenvalue weighted by atomic mass is 9.90. The monoisotopic (exact) mass is 463 g/mol. The molecule has 0 fully saturated rings. The molecular formula is C29H25N3O3. The van der Waals surface area contributed by atoms with Crippen LogP contribution in [0.3, 0.4) is 0 Å². The Kier molecular flexibility index (Phi) is 6.18. The largest absolute Gasteiger partial charge is 0.497 e. The molecule has 0 saturated carbocycles. The molecule has 6 heteroatoms. The number of amides is 1. The van der Waals surface area contributed by atoms with E-state index in [1.807, 2.05) is 97.1 Å². The van der Waals surface area contributed by atoms with Crippen molar-refractivity contribution in [2.45, 2.75) is 5.92 Å². The second-order valence-electron chi connectivity index (χ2n) is 8.14. The Morgan fingerprint density at radius 3 is 2.14 bits per heavy atom. The van der Waals surface area contributed by atoms with Gasteiger partial charge in [-0.15, -0.1) is 0 Å². The average molecular weight is 464 g/mol. The molecule has 5 aromatic rings. The highest BCUT2D eigenvalue weighted by Gasteiger charge is 2.24. The van der Waals surface area contributed by atoms with Gasteiger partial charge in [0.1, 0.15) is 11.5 Å². The Hall–Kier alpha value is -4.58. The number of nitrogens with one attached hydrogen (secondary N) is 2. The van der Waals surface area contributed by atoms with E-state index in [9.17, 15) is 4.79 Å². The molecule has 0 saturated heterocycles. The maximum atomic E-state index is 13.5. The third-order valence-corrected chi connectivity index (χ3v) is 6.05. The Balaban J connectivity index is 1.46. The lowest BCUT2D eigenvalue weighted by Crippen LogP contribution is -2.22. The first-order valence-electron chi connectivity index (χ1n) is 11.3. The Bertz CT molecular complexity index is 1420. The molecule has 1 aromatic heterocycles. The summed E-state index contributed by atoms with van der Waals surface area (Å²) in [5, 5.41) is 11.3. The van der Waals surface area contributed by atoms with Gasteiger partial charge in [0.05, 0.1) is 25.7 Å². The summed E-state index contributed by atoms with van der Waals surface area (Å²) in [7, 11) is 3.26. The van der Waals surface area contributed by atoms with Gasteiger partial charge in [-0.3, -0.25) is 9.89 Å². The Labute approximate surface area is 203 Å². The van der Waals surface area contributed by atoms with Gasteiger partial charge in [0.15, 0.2) is 5.82 Å². The predicted molar refractivity (Wildman–Crippen MR) is 138 cm³/mol. The summed E-state index contributed by atoms with van der Waals surface area (Å²) < 4.78 is 10.9. The number of ether oxygens (including phenoxy) is 2. The zero-order valence-corrected chi connectivity index (χ0v) is 19.5. The number of H-pyrrole nitrogens is 1. The molecule has 1 heterocycles. The van der Waals surface area contributed by atoms with Crippen molar-refractivity contribution in [3.8, 4) is 22.6 Å². The molecule has 2 N–H and O–H groups in total. The van der Waals surface area contributed by atoms with Crippen LogP contribution in [0.5, 0.6) is 11.5 Å². The van der Waals surface area contributed by atoms with E-state index >= 15 is 0 Å². The number of methoxy groups -OCH3 is 2. The SMILES string of the molecule is COc1ccc(-c2ccc3c(NC(=O)C(c4ccccc4)c4ccccc4)n[nH]c3c2)c(OC)c1. The van der Waals surface area contributed by atoms with Crippen molar-refractivity contribution in [1.29, 1.82) is 0 Å². The maximum Gasteiger partial charge on any atom is 0.237 e. The molecule has 0 aliphatic carbocycles. The number of carbonyl (C=O) groups excluding carboxylic acids is 1. The minimum atomic E-state index is -0.452. The highest BCUT2D eigenvalue weighted by atomic mass is 16.5. The quantitative estimate of drug-likeness (QED) is 0.310. The van der Waals surface area contributed by atoms with Crippen LogP contribution < -0.4 is 14.8 Å². The number of aromatic nitrogens is 2. The van der Waals surface area contributed by atoms with E-state index in [0.717, 1.165) is 38.9 Å². The van der Waals surface area contributed by atoms with Crippen LogP contribution in [-0.4, -0.2) is 30.3 Å². The van der Waals surface area contributed by atoms with Gasteiger partial charge in [-0.25, -0.2) is 0 Å². The van der Waals surface area contributed by atoms with E-state index in [0.29, 0.717) is 11.6 Å². The van der Waals surface area contributed by atoms with Gasteiger partial charge in [0.25, 0.3) is 0 Å². The van der Waals surface area contributed by atoms with Gasteiger partial charge < -0.3 is 14.8 Å². The molecule has 4 aromatic carbocycles. The molecule has 0 radical (unpaired) electrons. The van der Waals surface area contributed by atoms with Crippen molar-refractivity contribution >= 4 is 22.6 Å². The van der Waals surface area contributed by atoms with Gasteiger partial charge in [-0.05, 0) is 41.0 Å². The molecule has 0 aliphatic heterocycles. The second kappa shape index (κ2) is 9.73. The summed E-state index contributed by atoms with van der Waals surface area (Å²) in [6.45, 7) is 0. The van der Waals surface area contributed by atoms with Crippen LogP contribution in [0.1, 0.15) is 17.0 Å². The zero-order chi connectivity index (χ0) is 24.2. The summed E-state index contributed by atoms with van der Waals surface area (Å²) in [5.74, 6) is 1.34. The molecular weight excluding hydrogens is 438 g/mol. The highest BCUT2D eigenvalue weighted by Crippen LogP contribution is 2.35. The fourth-order valence-electron chi connectivity index (χ4n) is 4.29. The molecule has 5 rings (SSSR count). The van der Waals surface area contributed by atoms with E-state index in [2.05, 4.69) is 15.5 Å². The minimum Gasteiger partial charge on any atom is -0.497 e. The number of rotatable bonds is 7. The van der Waals surface area contributed by atoms with Crippen LogP contribution >= 0.6 is 0 Å². The molecule has 0 aliphatic rings. The normalized spacial score (nSPS) is 10.9. The fourth-order valence-corrected chi connectivity index (χ4v) is 4.29. The molecule has 0 bridgehead atoms. The number of hydrogen-bond donors (Lipinski definition) is 2. The van der Waals surface area contributed by atoms with Gasteiger partial charge in [-0.1, -0.05) is 66.7 Å². The van der Waals surface area contributed by atoms with Crippen molar-refractivity contribution in [3.63, 3.8) is 0 Å². The molecule has 174 valence electrons. The van der Waals surface area contributed by atoms with Crippen molar-refractivity contribution < 1.29 is 14.3 Å². The van der Waals surface area contributed by atoms with E-state index in [1.165, 1.54) is 0 Å². The summed E-state index contributed by atoms with van der Waals surface area (Å²) in [5.41, 5.74) is 4.55. The average Bonchev–Trinajstić information content (AvgIpc) is 3.31. The van der Waals surface area contributed by atoms with Gasteiger partial charge in [-0.2, -0.15) is 5.10 Å². The highest BCUT2D eigenvalue weighted by molar-refractivity contribution is 6.04. The van der Waals surface area contributed by atoms with E-state index < -0.39 is 5.92 Å². The topological polar surface area (TPSA) is 76.2 Å². The number of anilines is 1. The number of benzene rings is 4. The molecule has 35 heavy (non-hydrogen) atoms. The number of hydrogen-bond acceptors (Lipinski definition) is 4. The molecule has 0 atom stereocenters. The van der Waals surface area contributed by atoms with Gasteiger partial charge in [0, 0.05) is 17.0 Å². The maximum absolute atomic E-state index is 13.5. The molecule has 0 unspecified atom stereocenters. The van der Waals surface area contributed by atoms with E-state index in [-0.39, 0.29) is 5.91 Å². The predicted octanol–water partition coefficient (Wildman–Crippen LogP) is 6.02. The molecule has 1 amide bonds. The number of carbonyl (C=O) groups is 1. The Morgan fingerprint density at radius 2 is 1.51 bits per heavy atom. The summed E-state index contributed by atoms with van der Waals surface area (Å²) in [4.78, 5) is 13.5. The third kappa shape index (κ3) is 4.46. The summed E-state index contributed by atoms with van der Waals surface area (Å²) >= 11 is 0. The van der Waals surface area contributed by atoms with Crippen LogP contribution in [-0.2, 0) is 4.79 Å². The van der Waals surface area contributed by atoms with Crippen molar-refractivity contribution in [2.24, 2.45) is 0 Å². The first-order valence-corrected chi connectivity index (χ1v) is 11.3. The molecule has 0 spiro atoms. The first kappa shape index (κ1) is 22.2. The second-order valence-corrected chi connectivity index (χ2v) is 8.14.